The molecule has 0 aliphatic heterocycles. The molecule has 0 rings (SSSR count). The van der Waals surface area contributed by atoms with E-state index >= 15 is 0 Å². The number of rotatable bonds is 4. The van der Waals surface area contributed by atoms with Crippen LogP contribution >= 0.6 is 0 Å². The van der Waals surface area contributed by atoms with Gasteiger partial charge in [0, 0.05) is 13.7 Å². The van der Waals surface area contributed by atoms with Crippen molar-refractivity contribution in [2.24, 2.45) is 0 Å². The van der Waals surface area contributed by atoms with Crippen molar-refractivity contribution in [2.45, 2.75) is 23.3 Å². The largest absolute Gasteiger partial charge is 0.385 e. The second-order valence-electron chi connectivity index (χ2n) is 2.53. The summed E-state index contributed by atoms with van der Waals surface area (Å²) in [5, 5.41) is 1.42. The number of hydrogen-bond acceptors (Lipinski definition) is 1. The molecule has 0 heterocycles. The molecule has 0 amide bonds. The molecule has 0 aliphatic rings. The lowest BCUT2D eigenvalue weighted by Gasteiger charge is -1.96. The van der Waals surface area contributed by atoms with Crippen LogP contribution in [0, 0.1) is 0 Å². The van der Waals surface area contributed by atoms with E-state index in [0.29, 0.717) is 0 Å². The van der Waals surface area contributed by atoms with Crippen molar-refractivity contribution >= 4 is 14.1 Å². The first-order chi connectivity index (χ1) is 3.77. The van der Waals surface area contributed by atoms with Crippen LogP contribution in [-0.2, 0) is 4.74 Å². The van der Waals surface area contributed by atoms with Crippen molar-refractivity contribution in [1.29, 1.82) is 0 Å². The molecule has 0 fully saturated rings. The van der Waals surface area contributed by atoms with Gasteiger partial charge in [0.2, 0.25) is 0 Å². The predicted octanol–water partition coefficient (Wildman–Crippen LogP) is 1.78. The van der Waals surface area contributed by atoms with Crippen molar-refractivity contribution in [1.82, 2.24) is 0 Å². The molecule has 0 aromatic rings. The normalized spacial score (nSPS) is 9.38. The SMILES string of the molecule is COCC[CH2][Al]([CH3])[CH3]. The van der Waals surface area contributed by atoms with Gasteiger partial charge in [-0.3, -0.25) is 0 Å². The van der Waals surface area contributed by atoms with Gasteiger partial charge >= 0.3 is 0 Å². The molecule has 0 saturated heterocycles. The van der Waals surface area contributed by atoms with E-state index in [-0.39, 0.29) is 14.1 Å². The summed E-state index contributed by atoms with van der Waals surface area (Å²) in [6.07, 6.45) is 1.26. The van der Waals surface area contributed by atoms with E-state index in [2.05, 4.69) is 11.6 Å². The van der Waals surface area contributed by atoms with E-state index in [4.69, 9.17) is 4.74 Å². The van der Waals surface area contributed by atoms with Gasteiger partial charge in [0.25, 0.3) is 14.1 Å². The van der Waals surface area contributed by atoms with E-state index < -0.39 is 0 Å². The molecular formula is C6H15AlO. The molecule has 0 unspecified atom stereocenters. The average Bonchev–Trinajstić information content (AvgIpc) is 1.66. The zero-order valence-corrected chi connectivity index (χ0v) is 7.26. The van der Waals surface area contributed by atoms with E-state index in [1.807, 2.05) is 0 Å². The van der Waals surface area contributed by atoms with Crippen LogP contribution in [0.4, 0.5) is 0 Å². The molecular weight excluding hydrogens is 115 g/mol. The second-order valence-corrected chi connectivity index (χ2v) is 5.89. The van der Waals surface area contributed by atoms with Gasteiger partial charge in [-0.05, 0) is 6.42 Å². The Kier molecular flexibility index (Phi) is 5.97. The third-order valence-corrected chi connectivity index (χ3v) is 2.69. The highest BCUT2D eigenvalue weighted by molar-refractivity contribution is 6.55. The zero-order chi connectivity index (χ0) is 6.41. The average molecular weight is 130 g/mol. The van der Waals surface area contributed by atoms with Crippen LogP contribution in [0.25, 0.3) is 0 Å². The van der Waals surface area contributed by atoms with Crippen LogP contribution in [-0.4, -0.2) is 27.9 Å². The van der Waals surface area contributed by atoms with Gasteiger partial charge in [-0.1, -0.05) is 5.28 Å². The van der Waals surface area contributed by atoms with Gasteiger partial charge in [0.15, 0.2) is 0 Å². The summed E-state index contributed by atoms with van der Waals surface area (Å²) in [5.74, 6) is 4.74. The third kappa shape index (κ3) is 6.49. The molecule has 0 aromatic carbocycles. The topological polar surface area (TPSA) is 9.23 Å². The van der Waals surface area contributed by atoms with Crippen LogP contribution in [0.2, 0.25) is 16.9 Å². The minimum absolute atomic E-state index is 0.282. The van der Waals surface area contributed by atoms with Gasteiger partial charge in [0.1, 0.15) is 0 Å². The maximum Gasteiger partial charge on any atom is 0.255 e. The fourth-order valence-electron chi connectivity index (χ4n) is 0.636. The molecule has 2 heteroatoms. The molecule has 0 aliphatic carbocycles. The predicted molar refractivity (Wildman–Crippen MR) is 38.8 cm³/mol. The van der Waals surface area contributed by atoms with E-state index in [0.717, 1.165) is 6.61 Å². The quantitative estimate of drug-likeness (QED) is 0.416. The van der Waals surface area contributed by atoms with Crippen molar-refractivity contribution in [3.8, 4) is 0 Å². The number of methoxy groups -OCH3 is 1. The summed E-state index contributed by atoms with van der Waals surface area (Å²) in [5.41, 5.74) is 0. The first-order valence-corrected chi connectivity index (χ1v) is 6.39. The lowest BCUT2D eigenvalue weighted by atomic mass is 10.5. The summed E-state index contributed by atoms with van der Waals surface area (Å²) in [7, 11) is 1.77. The molecule has 0 bridgehead atoms. The van der Waals surface area contributed by atoms with Crippen LogP contribution < -0.4 is 0 Å². The lowest BCUT2D eigenvalue weighted by molar-refractivity contribution is 0.199. The summed E-state index contributed by atoms with van der Waals surface area (Å²) in [4.78, 5) is 0. The molecule has 48 valence electrons. The Morgan fingerprint density at radius 1 is 1.38 bits per heavy atom. The Morgan fingerprint density at radius 2 is 2.00 bits per heavy atom. The van der Waals surface area contributed by atoms with Crippen molar-refractivity contribution < 1.29 is 4.74 Å². The Bertz CT molecular complexity index is 45.8. The standard InChI is InChI=1S/C4H9O.2CH3.Al/c1-3-4-5-2;;;/h1,3-4H2,2H3;2*1H3;. The minimum atomic E-state index is -0.282. The Morgan fingerprint density at radius 3 is 2.38 bits per heavy atom. The van der Waals surface area contributed by atoms with E-state index in [1.165, 1.54) is 11.7 Å². The Labute approximate surface area is 56.4 Å². The summed E-state index contributed by atoms with van der Waals surface area (Å²) in [6, 6.07) is 0. The maximum atomic E-state index is 4.91. The molecule has 0 saturated carbocycles. The fourth-order valence-corrected chi connectivity index (χ4v) is 1.62. The maximum absolute atomic E-state index is 4.91. The van der Waals surface area contributed by atoms with E-state index in [1.54, 1.807) is 7.11 Å². The monoisotopic (exact) mass is 130 g/mol. The van der Waals surface area contributed by atoms with Crippen molar-refractivity contribution in [3.63, 3.8) is 0 Å². The summed E-state index contributed by atoms with van der Waals surface area (Å²) in [6.45, 7) is 0.950. The van der Waals surface area contributed by atoms with Crippen LogP contribution in [0.15, 0.2) is 0 Å². The van der Waals surface area contributed by atoms with Gasteiger partial charge in [-0.2, -0.15) is 0 Å². The smallest absolute Gasteiger partial charge is 0.255 e. The van der Waals surface area contributed by atoms with Gasteiger partial charge < -0.3 is 4.74 Å². The van der Waals surface area contributed by atoms with Crippen molar-refractivity contribution in [3.05, 3.63) is 0 Å². The molecule has 0 spiro atoms. The third-order valence-electron chi connectivity index (χ3n) is 1.13. The summed E-state index contributed by atoms with van der Waals surface area (Å²) < 4.78 is 4.91. The zero-order valence-electron chi connectivity index (χ0n) is 6.11. The second kappa shape index (κ2) is 5.63. The highest BCUT2D eigenvalue weighted by atomic mass is 27.2. The van der Waals surface area contributed by atoms with Gasteiger partial charge in [-0.25, -0.2) is 0 Å². The molecule has 0 radical (unpaired) electrons. The Balaban J connectivity index is 2.72. The lowest BCUT2D eigenvalue weighted by Crippen LogP contribution is -2.00. The van der Waals surface area contributed by atoms with Crippen LogP contribution in [0.3, 0.4) is 0 Å². The first kappa shape index (κ1) is 8.49. The molecule has 8 heavy (non-hydrogen) atoms. The van der Waals surface area contributed by atoms with Gasteiger partial charge in [0.05, 0.1) is 0 Å². The first-order valence-electron chi connectivity index (χ1n) is 3.26. The van der Waals surface area contributed by atoms with Crippen molar-refractivity contribution in [2.75, 3.05) is 13.7 Å². The molecule has 0 N–H and O–H groups in total. The highest BCUT2D eigenvalue weighted by Crippen LogP contribution is 1.95. The number of ether oxygens (including phenoxy) is 1. The van der Waals surface area contributed by atoms with Crippen LogP contribution in [0.1, 0.15) is 6.42 Å². The van der Waals surface area contributed by atoms with Gasteiger partial charge in [-0.15, -0.1) is 11.6 Å². The molecule has 0 aromatic heterocycles. The minimum Gasteiger partial charge on any atom is -0.385 e. The molecule has 0 atom stereocenters. The molecule has 1 nitrogen and oxygen atoms in total. The van der Waals surface area contributed by atoms with E-state index in [9.17, 15) is 0 Å². The van der Waals surface area contributed by atoms with Crippen LogP contribution in [0.5, 0.6) is 0 Å². The fraction of sp³-hybridized carbons (Fsp3) is 1.00. The number of hydrogen-bond donors (Lipinski definition) is 0. The highest BCUT2D eigenvalue weighted by Gasteiger charge is 1.98. The summed E-state index contributed by atoms with van der Waals surface area (Å²) >= 11 is -0.282. The Hall–Kier alpha value is 0.492.